The third-order valence-corrected chi connectivity index (χ3v) is 2.92. The highest BCUT2D eigenvalue weighted by Crippen LogP contribution is 2.10. The quantitative estimate of drug-likeness (QED) is 0.534. The molecule has 0 spiro atoms. The van der Waals surface area contributed by atoms with Gasteiger partial charge in [0.1, 0.15) is 0 Å². The molecule has 1 heterocycles. The van der Waals surface area contributed by atoms with Crippen LogP contribution < -0.4 is 5.32 Å². The molecule has 15 heavy (non-hydrogen) atoms. The van der Waals surface area contributed by atoms with Gasteiger partial charge in [-0.05, 0) is 13.3 Å². The Kier molecular flexibility index (Phi) is 5.70. The Morgan fingerprint density at radius 1 is 1.67 bits per heavy atom. The Bertz CT molecular complexity index is 212. The maximum atomic E-state index is 5.64. The lowest BCUT2D eigenvalue weighted by molar-refractivity contribution is -0.0415. The summed E-state index contributed by atoms with van der Waals surface area (Å²) in [6.07, 6.45) is 6.70. The molecule has 0 aromatic rings. The van der Waals surface area contributed by atoms with E-state index in [1.165, 1.54) is 0 Å². The van der Waals surface area contributed by atoms with Crippen LogP contribution in [0, 0.1) is 12.3 Å². The van der Waals surface area contributed by atoms with Crippen LogP contribution in [0.5, 0.6) is 0 Å². The normalized spacial score (nSPS) is 24.7. The second-order valence-corrected chi connectivity index (χ2v) is 4.08. The van der Waals surface area contributed by atoms with E-state index in [1.54, 1.807) is 0 Å². The Labute approximate surface area is 93.2 Å². The summed E-state index contributed by atoms with van der Waals surface area (Å²) in [5, 5.41) is 3.25. The summed E-state index contributed by atoms with van der Waals surface area (Å²) in [7, 11) is 0. The highest BCUT2D eigenvalue weighted by atomic mass is 16.5. The van der Waals surface area contributed by atoms with Crippen molar-refractivity contribution < 1.29 is 4.74 Å². The summed E-state index contributed by atoms with van der Waals surface area (Å²) in [6.45, 7) is 8.98. The van der Waals surface area contributed by atoms with Crippen molar-refractivity contribution in [3.8, 4) is 12.3 Å². The van der Waals surface area contributed by atoms with Gasteiger partial charge in [0.15, 0.2) is 0 Å². The van der Waals surface area contributed by atoms with Crippen LogP contribution in [0.15, 0.2) is 0 Å². The van der Waals surface area contributed by atoms with E-state index < -0.39 is 0 Å². The SMILES string of the molecule is C#CCNCC(C)N1CCOC(CC)C1. The molecule has 0 saturated carbocycles. The molecule has 1 fully saturated rings. The number of nitrogens with zero attached hydrogens (tertiary/aromatic N) is 1. The number of morpholine rings is 1. The Morgan fingerprint density at radius 3 is 3.13 bits per heavy atom. The smallest absolute Gasteiger partial charge is 0.0700 e. The average Bonchev–Trinajstić information content (AvgIpc) is 2.29. The van der Waals surface area contributed by atoms with Crippen molar-refractivity contribution in [2.24, 2.45) is 0 Å². The van der Waals surface area contributed by atoms with Crippen molar-refractivity contribution in [2.45, 2.75) is 32.4 Å². The second-order valence-electron chi connectivity index (χ2n) is 4.08. The van der Waals surface area contributed by atoms with Gasteiger partial charge in [-0.2, -0.15) is 0 Å². The van der Waals surface area contributed by atoms with E-state index in [-0.39, 0.29) is 0 Å². The van der Waals surface area contributed by atoms with Gasteiger partial charge in [0, 0.05) is 25.7 Å². The zero-order valence-corrected chi connectivity index (χ0v) is 9.83. The van der Waals surface area contributed by atoms with Crippen molar-refractivity contribution in [2.75, 3.05) is 32.8 Å². The van der Waals surface area contributed by atoms with Gasteiger partial charge in [-0.25, -0.2) is 0 Å². The van der Waals surface area contributed by atoms with Gasteiger partial charge in [0.2, 0.25) is 0 Å². The first-order valence-corrected chi connectivity index (χ1v) is 5.77. The Hall–Kier alpha value is -0.560. The summed E-state index contributed by atoms with van der Waals surface area (Å²) in [5.74, 6) is 2.59. The fourth-order valence-corrected chi connectivity index (χ4v) is 1.87. The molecule has 3 heteroatoms. The molecule has 1 aliphatic rings. The molecule has 2 unspecified atom stereocenters. The predicted molar refractivity (Wildman–Crippen MR) is 62.8 cm³/mol. The molecule has 1 N–H and O–H groups in total. The number of nitrogens with one attached hydrogen (secondary N) is 1. The first kappa shape index (κ1) is 12.5. The lowest BCUT2D eigenvalue weighted by Gasteiger charge is -2.36. The number of hydrogen-bond acceptors (Lipinski definition) is 3. The van der Waals surface area contributed by atoms with Crippen LogP contribution in [-0.4, -0.2) is 49.8 Å². The third kappa shape index (κ3) is 4.21. The van der Waals surface area contributed by atoms with Crippen LogP contribution in [0.2, 0.25) is 0 Å². The minimum Gasteiger partial charge on any atom is -0.376 e. The van der Waals surface area contributed by atoms with Crippen LogP contribution in [0.4, 0.5) is 0 Å². The zero-order valence-electron chi connectivity index (χ0n) is 9.83. The monoisotopic (exact) mass is 210 g/mol. The van der Waals surface area contributed by atoms with E-state index in [4.69, 9.17) is 11.2 Å². The van der Waals surface area contributed by atoms with Gasteiger partial charge in [0.05, 0.1) is 19.3 Å². The fourth-order valence-electron chi connectivity index (χ4n) is 1.87. The Balaban J connectivity index is 2.26. The molecule has 0 aromatic heterocycles. The van der Waals surface area contributed by atoms with Gasteiger partial charge >= 0.3 is 0 Å². The Morgan fingerprint density at radius 2 is 2.47 bits per heavy atom. The molecule has 0 aromatic carbocycles. The minimum absolute atomic E-state index is 0.411. The number of terminal acetylenes is 1. The second kappa shape index (κ2) is 6.84. The fraction of sp³-hybridized carbons (Fsp3) is 0.833. The summed E-state index contributed by atoms with van der Waals surface area (Å²) in [6, 6.07) is 0.538. The van der Waals surface area contributed by atoms with Crippen molar-refractivity contribution in [3.05, 3.63) is 0 Å². The lowest BCUT2D eigenvalue weighted by Crippen LogP contribution is -2.49. The number of hydrogen-bond donors (Lipinski definition) is 1. The first-order chi connectivity index (χ1) is 7.27. The minimum atomic E-state index is 0.411. The molecule has 0 radical (unpaired) electrons. The highest BCUT2D eigenvalue weighted by molar-refractivity contribution is 4.87. The maximum Gasteiger partial charge on any atom is 0.0700 e. The molecule has 1 aliphatic heterocycles. The topological polar surface area (TPSA) is 24.5 Å². The summed E-state index contributed by atoms with van der Waals surface area (Å²) in [5.41, 5.74) is 0. The summed E-state index contributed by atoms with van der Waals surface area (Å²) in [4.78, 5) is 2.47. The van der Waals surface area contributed by atoms with Gasteiger partial charge in [-0.15, -0.1) is 6.42 Å². The third-order valence-electron chi connectivity index (χ3n) is 2.92. The van der Waals surface area contributed by atoms with Crippen LogP contribution in [0.25, 0.3) is 0 Å². The molecule has 2 atom stereocenters. The standard InChI is InChI=1S/C12H22N2O/c1-4-6-13-9-11(3)14-7-8-15-12(5-2)10-14/h1,11-13H,5-10H2,2-3H3. The zero-order chi connectivity index (χ0) is 11.1. The number of ether oxygens (including phenoxy) is 1. The summed E-state index contributed by atoms with van der Waals surface area (Å²) < 4.78 is 5.64. The molecule has 86 valence electrons. The van der Waals surface area contributed by atoms with Gasteiger partial charge < -0.3 is 10.1 Å². The van der Waals surface area contributed by atoms with Crippen molar-refractivity contribution >= 4 is 0 Å². The van der Waals surface area contributed by atoms with E-state index in [0.717, 1.165) is 32.7 Å². The van der Waals surface area contributed by atoms with E-state index in [0.29, 0.717) is 18.7 Å². The molecule has 1 rings (SSSR count). The van der Waals surface area contributed by atoms with E-state index in [9.17, 15) is 0 Å². The molecule has 0 aliphatic carbocycles. The molecule has 0 bridgehead atoms. The van der Waals surface area contributed by atoms with Crippen molar-refractivity contribution in [1.82, 2.24) is 10.2 Å². The number of rotatable bonds is 5. The summed E-state index contributed by atoms with van der Waals surface area (Å²) >= 11 is 0. The van der Waals surface area contributed by atoms with E-state index >= 15 is 0 Å². The molecule has 3 nitrogen and oxygen atoms in total. The molecule has 0 amide bonds. The lowest BCUT2D eigenvalue weighted by atomic mass is 10.2. The van der Waals surface area contributed by atoms with Crippen LogP contribution in [-0.2, 0) is 4.74 Å². The van der Waals surface area contributed by atoms with Gasteiger partial charge in [-0.3, -0.25) is 4.90 Å². The van der Waals surface area contributed by atoms with E-state index in [1.807, 2.05) is 0 Å². The van der Waals surface area contributed by atoms with Crippen molar-refractivity contribution in [1.29, 1.82) is 0 Å². The molecular weight excluding hydrogens is 188 g/mol. The van der Waals surface area contributed by atoms with Gasteiger partial charge in [-0.1, -0.05) is 12.8 Å². The first-order valence-electron chi connectivity index (χ1n) is 5.77. The molecule has 1 saturated heterocycles. The largest absolute Gasteiger partial charge is 0.376 e. The van der Waals surface area contributed by atoms with E-state index in [2.05, 4.69) is 30.0 Å². The van der Waals surface area contributed by atoms with Crippen molar-refractivity contribution in [3.63, 3.8) is 0 Å². The predicted octanol–water partition coefficient (Wildman–Crippen LogP) is 0.708. The van der Waals surface area contributed by atoms with Gasteiger partial charge in [0.25, 0.3) is 0 Å². The van der Waals surface area contributed by atoms with Crippen LogP contribution in [0.3, 0.4) is 0 Å². The van der Waals surface area contributed by atoms with Crippen LogP contribution in [0.1, 0.15) is 20.3 Å². The maximum absolute atomic E-state index is 5.64. The molecular formula is C12H22N2O. The van der Waals surface area contributed by atoms with Crippen LogP contribution >= 0.6 is 0 Å². The average molecular weight is 210 g/mol. The highest BCUT2D eigenvalue weighted by Gasteiger charge is 2.22.